The van der Waals surface area contributed by atoms with Crippen LogP contribution in [0.4, 0.5) is 0 Å². The van der Waals surface area contributed by atoms with Crippen molar-refractivity contribution in [2.45, 2.75) is 74.7 Å². The molecule has 0 N–H and O–H groups in total. The zero-order valence-corrected chi connectivity index (χ0v) is 12.9. The van der Waals surface area contributed by atoms with Crippen LogP contribution < -0.4 is 0 Å². The third-order valence-corrected chi connectivity index (χ3v) is 4.11. The van der Waals surface area contributed by atoms with E-state index in [4.69, 9.17) is 0 Å². The van der Waals surface area contributed by atoms with Crippen molar-refractivity contribution in [2.75, 3.05) is 0 Å². The highest BCUT2D eigenvalue weighted by molar-refractivity contribution is 4.75. The Morgan fingerprint density at radius 1 is 0.875 bits per heavy atom. The van der Waals surface area contributed by atoms with E-state index in [0.29, 0.717) is 5.41 Å². The second kappa shape index (κ2) is 6.67. The van der Waals surface area contributed by atoms with Gasteiger partial charge in [0.05, 0.1) is 0 Å². The lowest BCUT2D eigenvalue weighted by atomic mass is 9.74. The van der Waals surface area contributed by atoms with Gasteiger partial charge in [0.2, 0.25) is 0 Å². The molecular formula is C16H34. The molecule has 0 nitrogen and oxygen atoms in total. The van der Waals surface area contributed by atoms with Crippen LogP contribution in [0.2, 0.25) is 0 Å². The van der Waals surface area contributed by atoms with Crippen molar-refractivity contribution < 1.29 is 0 Å². The quantitative estimate of drug-likeness (QED) is 0.539. The number of rotatable bonds is 6. The highest BCUT2D eigenvalue weighted by Gasteiger charge is 2.24. The molecule has 0 amide bonds. The molecule has 0 heteroatoms. The van der Waals surface area contributed by atoms with Crippen LogP contribution in [0.25, 0.3) is 0 Å². The molecule has 0 rings (SSSR count). The van der Waals surface area contributed by atoms with Gasteiger partial charge in [0, 0.05) is 0 Å². The summed E-state index contributed by atoms with van der Waals surface area (Å²) in [5.41, 5.74) is 0.476. The fraction of sp³-hybridized carbons (Fsp3) is 1.00. The topological polar surface area (TPSA) is 0 Å². The molecule has 3 atom stereocenters. The minimum atomic E-state index is 0.476. The Kier molecular flexibility index (Phi) is 6.67. The van der Waals surface area contributed by atoms with Gasteiger partial charge in [-0.15, -0.1) is 0 Å². The van der Waals surface area contributed by atoms with Crippen LogP contribution in [-0.4, -0.2) is 0 Å². The summed E-state index contributed by atoms with van der Waals surface area (Å²) in [5, 5.41) is 0. The Hall–Kier alpha value is 0. The molecule has 0 fully saturated rings. The van der Waals surface area contributed by atoms with E-state index >= 15 is 0 Å². The zero-order valence-electron chi connectivity index (χ0n) is 12.9. The SMILES string of the molecule is CCC(C)C(C)CC(CC(C)(C)C)C(C)C. The van der Waals surface area contributed by atoms with Crippen LogP contribution in [0.1, 0.15) is 74.7 Å². The second-order valence-corrected chi connectivity index (χ2v) is 7.37. The molecule has 0 heterocycles. The smallest absolute Gasteiger partial charge is 0.0380 e. The molecule has 0 bridgehead atoms. The normalized spacial score (nSPS) is 18.6. The maximum atomic E-state index is 2.44. The average molecular weight is 226 g/mol. The van der Waals surface area contributed by atoms with Crippen LogP contribution in [-0.2, 0) is 0 Å². The predicted molar refractivity (Wildman–Crippen MR) is 75.6 cm³/mol. The van der Waals surface area contributed by atoms with Gasteiger partial charge in [0.15, 0.2) is 0 Å². The molecule has 0 aromatic heterocycles. The summed E-state index contributed by atoms with van der Waals surface area (Å²) in [5.74, 6) is 3.47. The number of hydrogen-bond donors (Lipinski definition) is 0. The van der Waals surface area contributed by atoms with Crippen molar-refractivity contribution in [2.24, 2.45) is 29.1 Å². The Balaban J connectivity index is 4.34. The summed E-state index contributed by atoms with van der Waals surface area (Å²) in [6, 6.07) is 0. The summed E-state index contributed by atoms with van der Waals surface area (Å²) in [6.07, 6.45) is 4.09. The molecule has 0 aliphatic carbocycles. The Bertz CT molecular complexity index is 173. The molecule has 0 saturated heterocycles. The summed E-state index contributed by atoms with van der Waals surface area (Å²) >= 11 is 0. The molecule has 0 radical (unpaired) electrons. The van der Waals surface area contributed by atoms with Crippen LogP contribution in [0, 0.1) is 29.1 Å². The molecule has 0 saturated carbocycles. The van der Waals surface area contributed by atoms with Crippen molar-refractivity contribution >= 4 is 0 Å². The van der Waals surface area contributed by atoms with Gasteiger partial charge in [-0.3, -0.25) is 0 Å². The van der Waals surface area contributed by atoms with Crippen molar-refractivity contribution in [3.8, 4) is 0 Å². The molecule has 0 aromatic carbocycles. The standard InChI is InChI=1S/C16H34/c1-9-13(4)14(5)10-15(12(2)3)11-16(6,7)8/h12-15H,9-11H2,1-8H3. The van der Waals surface area contributed by atoms with Gasteiger partial charge in [-0.25, -0.2) is 0 Å². The summed E-state index contributed by atoms with van der Waals surface area (Å²) in [6.45, 7) is 19.0. The average Bonchev–Trinajstić information content (AvgIpc) is 2.13. The first-order valence-electron chi connectivity index (χ1n) is 7.17. The molecule has 98 valence electrons. The first-order valence-corrected chi connectivity index (χ1v) is 7.17. The molecule has 0 aliphatic rings. The summed E-state index contributed by atoms with van der Waals surface area (Å²) in [4.78, 5) is 0. The third kappa shape index (κ3) is 6.55. The molecule has 0 aromatic rings. The number of hydrogen-bond acceptors (Lipinski definition) is 0. The molecule has 16 heavy (non-hydrogen) atoms. The molecule has 0 spiro atoms. The second-order valence-electron chi connectivity index (χ2n) is 7.37. The van der Waals surface area contributed by atoms with Crippen molar-refractivity contribution in [1.82, 2.24) is 0 Å². The van der Waals surface area contributed by atoms with Crippen molar-refractivity contribution in [3.63, 3.8) is 0 Å². The highest BCUT2D eigenvalue weighted by Crippen LogP contribution is 2.35. The predicted octanol–water partition coefficient (Wildman–Crippen LogP) is 5.77. The summed E-state index contributed by atoms with van der Waals surface area (Å²) in [7, 11) is 0. The molecular weight excluding hydrogens is 192 g/mol. The van der Waals surface area contributed by atoms with Crippen molar-refractivity contribution in [1.29, 1.82) is 0 Å². The van der Waals surface area contributed by atoms with Gasteiger partial charge < -0.3 is 0 Å². The van der Waals surface area contributed by atoms with Crippen LogP contribution >= 0.6 is 0 Å². The van der Waals surface area contributed by atoms with Gasteiger partial charge in [-0.2, -0.15) is 0 Å². The van der Waals surface area contributed by atoms with Gasteiger partial charge >= 0.3 is 0 Å². The zero-order chi connectivity index (χ0) is 12.9. The minimum Gasteiger partial charge on any atom is -0.0651 e. The van der Waals surface area contributed by atoms with Crippen LogP contribution in [0.5, 0.6) is 0 Å². The fourth-order valence-electron chi connectivity index (χ4n) is 2.49. The van der Waals surface area contributed by atoms with Crippen LogP contribution in [0.15, 0.2) is 0 Å². The lowest BCUT2D eigenvalue weighted by Crippen LogP contribution is -2.22. The fourth-order valence-corrected chi connectivity index (χ4v) is 2.49. The minimum absolute atomic E-state index is 0.476. The largest absolute Gasteiger partial charge is 0.0651 e. The maximum Gasteiger partial charge on any atom is -0.0380 e. The van der Waals surface area contributed by atoms with Crippen molar-refractivity contribution in [3.05, 3.63) is 0 Å². The van der Waals surface area contributed by atoms with E-state index in [2.05, 4.69) is 55.4 Å². The van der Waals surface area contributed by atoms with E-state index in [0.717, 1.165) is 23.7 Å². The van der Waals surface area contributed by atoms with E-state index in [-0.39, 0.29) is 0 Å². The Labute approximate surface area is 104 Å². The van der Waals surface area contributed by atoms with Gasteiger partial charge in [-0.05, 0) is 41.9 Å². The van der Waals surface area contributed by atoms with Gasteiger partial charge in [0.25, 0.3) is 0 Å². The highest BCUT2D eigenvalue weighted by atomic mass is 14.3. The molecule has 0 aliphatic heterocycles. The van der Waals surface area contributed by atoms with Gasteiger partial charge in [0.1, 0.15) is 0 Å². The first kappa shape index (κ1) is 16.0. The Morgan fingerprint density at radius 2 is 1.38 bits per heavy atom. The lowest BCUT2D eigenvalue weighted by molar-refractivity contribution is 0.187. The van der Waals surface area contributed by atoms with E-state index in [9.17, 15) is 0 Å². The van der Waals surface area contributed by atoms with E-state index < -0.39 is 0 Å². The van der Waals surface area contributed by atoms with E-state index in [1.165, 1.54) is 19.3 Å². The van der Waals surface area contributed by atoms with E-state index in [1.54, 1.807) is 0 Å². The van der Waals surface area contributed by atoms with Crippen LogP contribution in [0.3, 0.4) is 0 Å². The van der Waals surface area contributed by atoms with Gasteiger partial charge in [-0.1, -0.05) is 61.8 Å². The molecule has 3 unspecified atom stereocenters. The third-order valence-electron chi connectivity index (χ3n) is 4.11. The first-order chi connectivity index (χ1) is 7.17. The lowest BCUT2D eigenvalue weighted by Gasteiger charge is -2.32. The monoisotopic (exact) mass is 226 g/mol. The summed E-state index contributed by atoms with van der Waals surface area (Å²) < 4.78 is 0. The Morgan fingerprint density at radius 3 is 1.69 bits per heavy atom. The van der Waals surface area contributed by atoms with E-state index in [1.807, 2.05) is 0 Å². The maximum absolute atomic E-state index is 2.44.